The van der Waals surface area contributed by atoms with Crippen LogP contribution in [0.1, 0.15) is 46.0 Å². The van der Waals surface area contributed by atoms with Gasteiger partial charge in [0.25, 0.3) is 0 Å². The number of aliphatic hydroxyl groups is 2. The summed E-state index contributed by atoms with van der Waals surface area (Å²) in [7, 11) is 0. The second kappa shape index (κ2) is 8.21. The van der Waals surface area contributed by atoms with Crippen molar-refractivity contribution >= 4 is 0 Å². The Kier molecular flexibility index (Phi) is 8.14. The van der Waals surface area contributed by atoms with Crippen molar-refractivity contribution in [1.29, 1.82) is 0 Å². The van der Waals surface area contributed by atoms with Crippen LogP contribution in [0.2, 0.25) is 0 Å². The highest BCUT2D eigenvalue weighted by Crippen LogP contribution is 2.06. The smallest absolute Gasteiger partial charge is 0.0740 e. The van der Waals surface area contributed by atoms with Gasteiger partial charge >= 0.3 is 0 Å². The molecule has 3 heteroatoms. The van der Waals surface area contributed by atoms with E-state index in [0.717, 1.165) is 38.6 Å². The normalized spacial score (nSPS) is 15.4. The molecule has 0 fully saturated rings. The topological polar surface area (TPSA) is 52.5 Å². The molecule has 1 unspecified atom stereocenters. The highest BCUT2D eigenvalue weighted by molar-refractivity contribution is 4.72. The SMILES string of the molecule is CCC(C)(O)CNCCCCCCO. The number of rotatable bonds is 9. The van der Waals surface area contributed by atoms with E-state index >= 15 is 0 Å². The molecule has 14 heavy (non-hydrogen) atoms. The van der Waals surface area contributed by atoms with Gasteiger partial charge in [-0.2, -0.15) is 0 Å². The van der Waals surface area contributed by atoms with E-state index in [1.807, 2.05) is 13.8 Å². The van der Waals surface area contributed by atoms with Crippen LogP contribution < -0.4 is 5.32 Å². The van der Waals surface area contributed by atoms with Crippen LogP contribution in [0, 0.1) is 0 Å². The summed E-state index contributed by atoms with van der Waals surface area (Å²) in [6.07, 6.45) is 5.07. The van der Waals surface area contributed by atoms with Crippen molar-refractivity contribution in [3.8, 4) is 0 Å². The van der Waals surface area contributed by atoms with Gasteiger partial charge in [-0.05, 0) is 32.7 Å². The summed E-state index contributed by atoms with van der Waals surface area (Å²) in [4.78, 5) is 0. The molecule has 0 aliphatic heterocycles. The molecule has 0 bridgehead atoms. The standard InChI is InChI=1S/C11H25NO2/c1-3-11(2,14)10-12-8-6-4-5-7-9-13/h12-14H,3-10H2,1-2H3. The predicted octanol–water partition coefficient (Wildman–Crippen LogP) is 1.29. The lowest BCUT2D eigenvalue weighted by Gasteiger charge is -2.21. The minimum atomic E-state index is -0.564. The van der Waals surface area contributed by atoms with Gasteiger partial charge in [0.1, 0.15) is 0 Å². The van der Waals surface area contributed by atoms with E-state index in [4.69, 9.17) is 5.11 Å². The first-order valence-electron chi connectivity index (χ1n) is 5.66. The van der Waals surface area contributed by atoms with Gasteiger partial charge in [0.2, 0.25) is 0 Å². The summed E-state index contributed by atoms with van der Waals surface area (Å²) in [5, 5.41) is 21.5. The average molecular weight is 203 g/mol. The fourth-order valence-corrected chi connectivity index (χ4v) is 1.20. The third kappa shape index (κ3) is 8.48. The first-order valence-corrected chi connectivity index (χ1v) is 5.66. The van der Waals surface area contributed by atoms with Crippen molar-refractivity contribution in [2.45, 2.75) is 51.6 Å². The van der Waals surface area contributed by atoms with Gasteiger partial charge in [-0.25, -0.2) is 0 Å². The molecule has 0 amide bonds. The minimum absolute atomic E-state index is 0.304. The molecule has 0 saturated heterocycles. The fourth-order valence-electron chi connectivity index (χ4n) is 1.20. The van der Waals surface area contributed by atoms with Crippen LogP contribution in [0.4, 0.5) is 0 Å². The van der Waals surface area contributed by atoms with Crippen molar-refractivity contribution < 1.29 is 10.2 Å². The van der Waals surface area contributed by atoms with Crippen LogP contribution in [0.25, 0.3) is 0 Å². The maximum Gasteiger partial charge on any atom is 0.0740 e. The molecule has 0 radical (unpaired) electrons. The molecule has 3 nitrogen and oxygen atoms in total. The van der Waals surface area contributed by atoms with Gasteiger partial charge in [0.15, 0.2) is 0 Å². The van der Waals surface area contributed by atoms with Gasteiger partial charge in [-0.3, -0.25) is 0 Å². The summed E-state index contributed by atoms with van der Waals surface area (Å²) in [6.45, 7) is 5.78. The van der Waals surface area contributed by atoms with Crippen LogP contribution in [-0.4, -0.2) is 35.5 Å². The number of nitrogens with one attached hydrogen (secondary N) is 1. The second-order valence-electron chi connectivity index (χ2n) is 4.17. The molecule has 0 rings (SSSR count). The Bertz CT molecular complexity index is 126. The molecule has 0 aliphatic carbocycles. The molecule has 0 aliphatic rings. The Morgan fingerprint density at radius 2 is 1.79 bits per heavy atom. The Morgan fingerprint density at radius 1 is 1.14 bits per heavy atom. The largest absolute Gasteiger partial charge is 0.396 e. The monoisotopic (exact) mass is 203 g/mol. The van der Waals surface area contributed by atoms with E-state index in [0.29, 0.717) is 13.2 Å². The molecule has 0 heterocycles. The Morgan fingerprint density at radius 3 is 2.36 bits per heavy atom. The second-order valence-corrected chi connectivity index (χ2v) is 4.17. The molecule has 0 aromatic rings. The Balaban J connectivity index is 3.13. The van der Waals surface area contributed by atoms with Crippen molar-refractivity contribution in [3.63, 3.8) is 0 Å². The van der Waals surface area contributed by atoms with Crippen molar-refractivity contribution in [2.75, 3.05) is 19.7 Å². The molecule has 0 aromatic carbocycles. The molecule has 0 spiro atoms. The summed E-state index contributed by atoms with van der Waals surface area (Å²) in [6, 6.07) is 0. The van der Waals surface area contributed by atoms with E-state index in [1.165, 1.54) is 0 Å². The third-order valence-corrected chi connectivity index (χ3v) is 2.53. The molecule has 0 saturated carbocycles. The zero-order valence-electron chi connectivity index (χ0n) is 9.55. The van der Waals surface area contributed by atoms with E-state index in [9.17, 15) is 5.11 Å². The lowest BCUT2D eigenvalue weighted by Crippen LogP contribution is -2.37. The van der Waals surface area contributed by atoms with Crippen LogP contribution in [0.5, 0.6) is 0 Å². The molecule has 3 N–H and O–H groups in total. The van der Waals surface area contributed by atoms with Gasteiger partial charge in [-0.1, -0.05) is 19.8 Å². The van der Waals surface area contributed by atoms with Crippen molar-refractivity contribution in [1.82, 2.24) is 5.32 Å². The first kappa shape index (κ1) is 13.9. The number of hydrogen-bond donors (Lipinski definition) is 3. The van der Waals surface area contributed by atoms with E-state index < -0.39 is 5.60 Å². The molecule has 86 valence electrons. The molecule has 1 atom stereocenters. The lowest BCUT2D eigenvalue weighted by atomic mass is 10.0. The molecular formula is C11H25NO2. The third-order valence-electron chi connectivity index (χ3n) is 2.53. The molecule has 0 aromatic heterocycles. The maximum absolute atomic E-state index is 9.67. The van der Waals surface area contributed by atoms with Gasteiger partial charge in [0.05, 0.1) is 5.60 Å². The zero-order valence-corrected chi connectivity index (χ0v) is 9.55. The minimum Gasteiger partial charge on any atom is -0.396 e. The summed E-state index contributed by atoms with van der Waals surface area (Å²) in [5.41, 5.74) is -0.564. The van der Waals surface area contributed by atoms with Crippen molar-refractivity contribution in [3.05, 3.63) is 0 Å². The molecular weight excluding hydrogens is 178 g/mol. The Labute approximate surface area is 87.5 Å². The first-order chi connectivity index (χ1) is 6.62. The van der Waals surface area contributed by atoms with Crippen LogP contribution in [-0.2, 0) is 0 Å². The number of aliphatic hydroxyl groups excluding tert-OH is 1. The van der Waals surface area contributed by atoms with Gasteiger partial charge < -0.3 is 15.5 Å². The quantitative estimate of drug-likeness (QED) is 0.495. The van der Waals surface area contributed by atoms with Crippen LogP contribution in [0.3, 0.4) is 0 Å². The van der Waals surface area contributed by atoms with Crippen molar-refractivity contribution in [2.24, 2.45) is 0 Å². The highest BCUT2D eigenvalue weighted by Gasteiger charge is 2.15. The maximum atomic E-state index is 9.67. The Hall–Kier alpha value is -0.120. The summed E-state index contributed by atoms with van der Waals surface area (Å²) >= 11 is 0. The van der Waals surface area contributed by atoms with Gasteiger partial charge in [0, 0.05) is 13.2 Å². The number of unbranched alkanes of at least 4 members (excludes halogenated alkanes) is 3. The average Bonchev–Trinajstić information content (AvgIpc) is 2.16. The zero-order chi connectivity index (χ0) is 10.9. The van der Waals surface area contributed by atoms with Gasteiger partial charge in [-0.15, -0.1) is 0 Å². The lowest BCUT2D eigenvalue weighted by molar-refractivity contribution is 0.0559. The van der Waals surface area contributed by atoms with E-state index in [1.54, 1.807) is 0 Å². The summed E-state index contributed by atoms with van der Waals surface area (Å²) < 4.78 is 0. The van der Waals surface area contributed by atoms with E-state index in [-0.39, 0.29) is 0 Å². The van der Waals surface area contributed by atoms with E-state index in [2.05, 4.69) is 5.32 Å². The van der Waals surface area contributed by atoms with Crippen LogP contribution >= 0.6 is 0 Å². The van der Waals surface area contributed by atoms with Crippen LogP contribution in [0.15, 0.2) is 0 Å². The predicted molar refractivity (Wildman–Crippen MR) is 59.3 cm³/mol. The fraction of sp³-hybridized carbons (Fsp3) is 1.00. The highest BCUT2D eigenvalue weighted by atomic mass is 16.3. The number of hydrogen-bond acceptors (Lipinski definition) is 3. The summed E-state index contributed by atoms with van der Waals surface area (Å²) in [5.74, 6) is 0.